The third-order valence-electron chi connectivity index (χ3n) is 7.74. The number of ether oxygens (including phenoxy) is 2. The first kappa shape index (κ1) is 32.5. The molecule has 1 fully saturated rings. The number of hydrogen-bond acceptors (Lipinski definition) is 6. The van der Waals surface area contributed by atoms with E-state index in [4.69, 9.17) is 14.9 Å². The lowest BCUT2D eigenvalue weighted by Crippen LogP contribution is -2.48. The van der Waals surface area contributed by atoms with E-state index in [-0.39, 0.29) is 23.9 Å². The van der Waals surface area contributed by atoms with E-state index in [1.54, 1.807) is 31.7 Å². The Labute approximate surface area is 269 Å². The molecule has 3 N–H and O–H groups in total. The molecule has 1 aliphatic heterocycles. The van der Waals surface area contributed by atoms with Crippen molar-refractivity contribution in [2.45, 2.75) is 78.2 Å². The fourth-order valence-electron chi connectivity index (χ4n) is 5.64. The van der Waals surface area contributed by atoms with Crippen LogP contribution in [0, 0.1) is 5.41 Å². The SMILES string of the molecule is CC(C)(C)OC(=O)NC(=N)c1ccc2cc(C(=O)NC3CCN(C(=O)OC(C)(C)C)CC3)n(Cc3cccc4ccccc34)c2c1. The minimum Gasteiger partial charge on any atom is -0.444 e. The van der Waals surface area contributed by atoms with Gasteiger partial charge >= 0.3 is 12.2 Å². The Bertz CT molecular complexity index is 1780. The van der Waals surface area contributed by atoms with E-state index < -0.39 is 17.3 Å². The Balaban J connectivity index is 1.43. The second-order valence-electron chi connectivity index (χ2n) is 13.7. The molecule has 4 aromatic rings. The topological polar surface area (TPSA) is 126 Å². The van der Waals surface area contributed by atoms with Gasteiger partial charge in [0.25, 0.3) is 5.91 Å². The van der Waals surface area contributed by atoms with Gasteiger partial charge in [0.1, 0.15) is 22.7 Å². The van der Waals surface area contributed by atoms with Gasteiger partial charge in [0.05, 0.1) is 0 Å². The van der Waals surface area contributed by atoms with Crippen LogP contribution in [0.3, 0.4) is 0 Å². The molecule has 0 radical (unpaired) electrons. The number of rotatable bonds is 5. The molecular weight excluding hydrogens is 582 g/mol. The van der Waals surface area contributed by atoms with E-state index in [1.165, 1.54) is 0 Å². The molecule has 10 heteroatoms. The van der Waals surface area contributed by atoms with E-state index in [0.29, 0.717) is 43.7 Å². The van der Waals surface area contributed by atoms with Crippen LogP contribution in [0.15, 0.2) is 66.7 Å². The van der Waals surface area contributed by atoms with Gasteiger partial charge in [-0.15, -0.1) is 0 Å². The molecule has 3 amide bonds. The van der Waals surface area contributed by atoms with E-state index >= 15 is 0 Å². The summed E-state index contributed by atoms with van der Waals surface area (Å²) in [6, 6.07) is 21.4. The first-order chi connectivity index (χ1) is 21.7. The number of hydrogen-bond donors (Lipinski definition) is 3. The highest BCUT2D eigenvalue weighted by Crippen LogP contribution is 2.27. The van der Waals surface area contributed by atoms with Gasteiger partial charge in [-0.05, 0) is 82.9 Å². The molecule has 0 atom stereocenters. The normalized spacial score (nSPS) is 14.3. The van der Waals surface area contributed by atoms with Crippen LogP contribution in [0.25, 0.3) is 21.7 Å². The van der Waals surface area contributed by atoms with E-state index in [1.807, 2.05) is 61.7 Å². The maximum absolute atomic E-state index is 13.9. The third kappa shape index (κ3) is 7.85. The fraction of sp³-hybridized carbons (Fsp3) is 0.389. The van der Waals surface area contributed by atoms with Crippen LogP contribution in [0.2, 0.25) is 0 Å². The number of carbonyl (C=O) groups is 3. The predicted octanol–water partition coefficient (Wildman–Crippen LogP) is 6.82. The number of amidine groups is 1. The molecule has 1 saturated heterocycles. The lowest BCUT2D eigenvalue weighted by molar-refractivity contribution is 0.0199. The van der Waals surface area contributed by atoms with E-state index in [2.05, 4.69) is 34.9 Å². The van der Waals surface area contributed by atoms with Crippen LogP contribution in [0.1, 0.15) is 76.0 Å². The molecule has 0 unspecified atom stereocenters. The second kappa shape index (κ2) is 12.9. The van der Waals surface area contributed by atoms with Crippen molar-refractivity contribution in [2.75, 3.05) is 13.1 Å². The lowest BCUT2D eigenvalue weighted by atomic mass is 10.0. The summed E-state index contributed by atoms with van der Waals surface area (Å²) < 4.78 is 12.8. The van der Waals surface area contributed by atoms with E-state index in [9.17, 15) is 14.4 Å². The first-order valence-electron chi connectivity index (χ1n) is 15.6. The predicted molar refractivity (Wildman–Crippen MR) is 179 cm³/mol. The summed E-state index contributed by atoms with van der Waals surface area (Å²) >= 11 is 0. The molecule has 3 aromatic carbocycles. The number of alkyl carbamates (subject to hydrolysis) is 1. The summed E-state index contributed by atoms with van der Waals surface area (Å²) in [5, 5.41) is 17.3. The monoisotopic (exact) mass is 625 g/mol. The van der Waals surface area contributed by atoms with Crippen molar-refractivity contribution in [3.05, 3.63) is 83.6 Å². The zero-order valence-electron chi connectivity index (χ0n) is 27.4. The molecule has 0 bridgehead atoms. The summed E-state index contributed by atoms with van der Waals surface area (Å²) in [6.45, 7) is 12.2. The van der Waals surface area contributed by atoms with Gasteiger partial charge in [-0.2, -0.15) is 0 Å². The fourth-order valence-corrected chi connectivity index (χ4v) is 5.64. The Morgan fingerprint density at radius 3 is 2.22 bits per heavy atom. The first-order valence-corrected chi connectivity index (χ1v) is 15.6. The molecule has 0 aliphatic carbocycles. The summed E-state index contributed by atoms with van der Waals surface area (Å²) in [5.41, 5.74) is 1.51. The van der Waals surface area contributed by atoms with Gasteiger partial charge in [0, 0.05) is 42.1 Å². The Morgan fingerprint density at radius 2 is 1.52 bits per heavy atom. The van der Waals surface area contributed by atoms with Crippen molar-refractivity contribution in [2.24, 2.45) is 0 Å². The van der Waals surface area contributed by atoms with Gasteiger partial charge in [-0.1, -0.05) is 54.6 Å². The summed E-state index contributed by atoms with van der Waals surface area (Å²) in [6.07, 6.45) is 0.190. The summed E-state index contributed by atoms with van der Waals surface area (Å²) in [5.74, 6) is -0.313. The Hall–Kier alpha value is -4.86. The maximum atomic E-state index is 13.9. The number of nitrogens with one attached hydrogen (secondary N) is 3. The largest absolute Gasteiger partial charge is 0.444 e. The van der Waals surface area contributed by atoms with Crippen LogP contribution in [-0.4, -0.2) is 63.7 Å². The molecule has 5 rings (SSSR count). The number of piperidine rings is 1. The zero-order chi connectivity index (χ0) is 33.2. The van der Waals surface area contributed by atoms with Gasteiger partial charge in [-0.25, -0.2) is 9.59 Å². The molecule has 0 saturated carbocycles. The molecule has 242 valence electrons. The van der Waals surface area contributed by atoms with Crippen molar-refractivity contribution < 1.29 is 23.9 Å². The van der Waals surface area contributed by atoms with Crippen molar-refractivity contribution >= 4 is 45.6 Å². The highest BCUT2D eigenvalue weighted by molar-refractivity contribution is 6.07. The van der Waals surface area contributed by atoms with Crippen LogP contribution < -0.4 is 10.6 Å². The molecule has 1 aromatic heterocycles. The number of carbonyl (C=O) groups excluding carboxylic acids is 3. The number of likely N-dealkylation sites (tertiary alicyclic amines) is 1. The maximum Gasteiger partial charge on any atom is 0.413 e. The van der Waals surface area contributed by atoms with Crippen molar-refractivity contribution in [3.8, 4) is 0 Å². The number of nitrogens with zero attached hydrogens (tertiary/aromatic N) is 2. The third-order valence-corrected chi connectivity index (χ3v) is 7.74. The van der Waals surface area contributed by atoms with Gasteiger partial charge in [-0.3, -0.25) is 15.5 Å². The van der Waals surface area contributed by atoms with Crippen LogP contribution in [-0.2, 0) is 16.0 Å². The van der Waals surface area contributed by atoms with Gasteiger partial charge < -0.3 is 24.3 Å². The van der Waals surface area contributed by atoms with Crippen molar-refractivity contribution in [1.82, 2.24) is 20.1 Å². The number of amides is 3. The van der Waals surface area contributed by atoms with Gasteiger partial charge in [0.2, 0.25) is 0 Å². The molecule has 10 nitrogen and oxygen atoms in total. The van der Waals surface area contributed by atoms with Crippen LogP contribution in [0.5, 0.6) is 0 Å². The number of benzene rings is 3. The van der Waals surface area contributed by atoms with Crippen LogP contribution in [0.4, 0.5) is 9.59 Å². The summed E-state index contributed by atoms with van der Waals surface area (Å²) in [7, 11) is 0. The van der Waals surface area contributed by atoms with Crippen molar-refractivity contribution in [3.63, 3.8) is 0 Å². The van der Waals surface area contributed by atoms with Gasteiger partial charge in [0.15, 0.2) is 0 Å². The van der Waals surface area contributed by atoms with E-state index in [0.717, 1.165) is 27.2 Å². The minimum atomic E-state index is -0.707. The number of aromatic nitrogens is 1. The van der Waals surface area contributed by atoms with Crippen molar-refractivity contribution in [1.29, 1.82) is 5.41 Å². The molecule has 2 heterocycles. The smallest absolute Gasteiger partial charge is 0.413 e. The highest BCUT2D eigenvalue weighted by atomic mass is 16.6. The molecule has 0 spiro atoms. The molecular formula is C36H43N5O5. The molecule has 46 heavy (non-hydrogen) atoms. The average Bonchev–Trinajstić information content (AvgIpc) is 3.33. The quantitative estimate of drug-likeness (QED) is 0.166. The lowest BCUT2D eigenvalue weighted by Gasteiger charge is -2.33. The zero-order valence-corrected chi connectivity index (χ0v) is 27.4. The minimum absolute atomic E-state index is 0.100. The Kier molecular flexibility index (Phi) is 9.10. The number of fused-ring (bicyclic) bond motifs is 2. The standard InChI is InChI=1S/C36H43N5O5/c1-35(2,3)45-33(43)39-31(37)25-15-14-24-20-30(32(42)38-27-16-18-40(19-17-27)34(44)46-36(4,5)6)41(29(24)21-25)22-26-12-9-11-23-10-7-8-13-28(23)26/h7-15,20-21,27H,16-19,22H2,1-6H3,(H,38,42)(H2,37,39,43). The Morgan fingerprint density at radius 1 is 0.848 bits per heavy atom. The highest BCUT2D eigenvalue weighted by Gasteiger charge is 2.29. The average molecular weight is 626 g/mol. The summed E-state index contributed by atoms with van der Waals surface area (Å²) in [4.78, 5) is 40.5. The van der Waals surface area contributed by atoms with Crippen LogP contribution >= 0.6 is 0 Å². The second-order valence-corrected chi connectivity index (χ2v) is 13.7. The molecule has 1 aliphatic rings.